The van der Waals surface area contributed by atoms with Gasteiger partial charge in [-0.1, -0.05) is 36.4 Å². The molecule has 0 saturated carbocycles. The van der Waals surface area contributed by atoms with Gasteiger partial charge in [0, 0.05) is 22.8 Å². The second-order valence-electron chi connectivity index (χ2n) is 7.67. The highest BCUT2D eigenvalue weighted by Crippen LogP contribution is 2.32. The molecule has 3 aromatic carbocycles. The van der Waals surface area contributed by atoms with E-state index in [9.17, 15) is 15.0 Å². The first kappa shape index (κ1) is 21.7. The molecule has 0 saturated heterocycles. The van der Waals surface area contributed by atoms with E-state index in [1.165, 1.54) is 7.11 Å². The van der Waals surface area contributed by atoms with Gasteiger partial charge in [-0.15, -0.1) is 0 Å². The van der Waals surface area contributed by atoms with E-state index in [0.717, 1.165) is 27.4 Å². The zero-order valence-electron chi connectivity index (χ0n) is 17.7. The smallest absolute Gasteiger partial charge is 0.323 e. The van der Waals surface area contributed by atoms with Crippen LogP contribution in [0.25, 0.3) is 21.8 Å². The van der Waals surface area contributed by atoms with Crippen LogP contribution >= 0.6 is 0 Å². The van der Waals surface area contributed by atoms with Gasteiger partial charge in [0.2, 0.25) is 0 Å². The van der Waals surface area contributed by atoms with E-state index in [4.69, 9.17) is 9.47 Å². The zero-order valence-corrected chi connectivity index (χ0v) is 17.7. The quantitative estimate of drug-likeness (QED) is 0.302. The van der Waals surface area contributed by atoms with Crippen molar-refractivity contribution in [2.45, 2.75) is 18.6 Å². The van der Waals surface area contributed by atoms with Crippen molar-refractivity contribution in [3.05, 3.63) is 72.3 Å². The number of para-hydroxylation sites is 1. The zero-order chi connectivity index (χ0) is 22.5. The first-order valence-corrected chi connectivity index (χ1v) is 10.4. The minimum absolute atomic E-state index is 0.0682. The molecule has 7 heteroatoms. The van der Waals surface area contributed by atoms with E-state index >= 15 is 0 Å². The summed E-state index contributed by atoms with van der Waals surface area (Å²) < 4.78 is 10.8. The van der Waals surface area contributed by atoms with E-state index in [1.54, 1.807) is 24.3 Å². The number of aromatic hydroxyl groups is 1. The molecular weight excluding hydrogens is 408 g/mol. The number of aromatic nitrogens is 1. The van der Waals surface area contributed by atoms with Crippen molar-refractivity contribution in [3.8, 4) is 11.5 Å². The molecule has 1 heterocycles. The van der Waals surface area contributed by atoms with Crippen molar-refractivity contribution < 1.29 is 24.5 Å². The minimum Gasteiger partial charge on any atom is -0.508 e. The highest BCUT2D eigenvalue weighted by Gasteiger charge is 2.21. The summed E-state index contributed by atoms with van der Waals surface area (Å²) in [6.45, 7) is 0.223. The number of hydrogen-bond donors (Lipinski definition) is 4. The van der Waals surface area contributed by atoms with Gasteiger partial charge < -0.3 is 30.0 Å². The molecular formula is C25H26N2O5. The predicted molar refractivity (Wildman–Crippen MR) is 123 cm³/mol. The van der Waals surface area contributed by atoms with Crippen molar-refractivity contribution in [1.82, 2.24) is 10.3 Å². The van der Waals surface area contributed by atoms with Gasteiger partial charge in [-0.3, -0.25) is 4.79 Å². The number of phenols is 1. The molecule has 4 N–H and O–H groups in total. The number of aromatic amines is 1. The number of fused-ring (bicyclic) bond motifs is 3. The van der Waals surface area contributed by atoms with Crippen molar-refractivity contribution in [2.24, 2.45) is 0 Å². The highest BCUT2D eigenvalue weighted by atomic mass is 16.5. The van der Waals surface area contributed by atoms with E-state index in [1.807, 2.05) is 42.5 Å². The van der Waals surface area contributed by atoms with E-state index in [-0.39, 0.29) is 18.9 Å². The molecule has 0 bridgehead atoms. The average molecular weight is 434 g/mol. The van der Waals surface area contributed by atoms with Crippen LogP contribution in [0.2, 0.25) is 0 Å². The highest BCUT2D eigenvalue weighted by molar-refractivity contribution is 6.10. The van der Waals surface area contributed by atoms with Crippen molar-refractivity contribution in [3.63, 3.8) is 0 Å². The van der Waals surface area contributed by atoms with E-state index in [2.05, 4.69) is 10.3 Å². The lowest BCUT2D eigenvalue weighted by molar-refractivity contribution is -0.143. The molecule has 4 rings (SSSR count). The van der Waals surface area contributed by atoms with Crippen LogP contribution in [0.15, 0.2) is 66.7 Å². The molecule has 0 fully saturated rings. The van der Waals surface area contributed by atoms with Gasteiger partial charge in [0.1, 0.15) is 30.3 Å². The Morgan fingerprint density at radius 1 is 1.03 bits per heavy atom. The first-order valence-electron chi connectivity index (χ1n) is 10.4. The molecule has 0 radical (unpaired) electrons. The molecule has 0 amide bonds. The van der Waals surface area contributed by atoms with Crippen LogP contribution < -0.4 is 10.1 Å². The number of hydrogen-bond acceptors (Lipinski definition) is 6. The van der Waals surface area contributed by atoms with Gasteiger partial charge in [0.25, 0.3) is 0 Å². The summed E-state index contributed by atoms with van der Waals surface area (Å²) in [6, 6.07) is 19.8. The summed E-state index contributed by atoms with van der Waals surface area (Å²) >= 11 is 0. The van der Waals surface area contributed by atoms with Crippen molar-refractivity contribution in [1.29, 1.82) is 0 Å². The number of aliphatic hydroxyl groups excluding tert-OH is 1. The largest absolute Gasteiger partial charge is 0.508 e. The van der Waals surface area contributed by atoms with Crippen LogP contribution in [-0.4, -0.2) is 53.6 Å². The third kappa shape index (κ3) is 4.85. The van der Waals surface area contributed by atoms with Crippen LogP contribution in [0.5, 0.6) is 11.5 Å². The summed E-state index contributed by atoms with van der Waals surface area (Å²) in [7, 11) is 1.33. The molecule has 4 aromatic rings. The van der Waals surface area contributed by atoms with Crippen LogP contribution in [-0.2, 0) is 16.0 Å². The van der Waals surface area contributed by atoms with Crippen LogP contribution in [0.4, 0.5) is 0 Å². The molecule has 32 heavy (non-hydrogen) atoms. The number of esters is 1. The Labute approximate surface area is 185 Å². The maximum atomic E-state index is 12.2. The second kappa shape index (κ2) is 9.72. The Kier molecular flexibility index (Phi) is 6.58. The van der Waals surface area contributed by atoms with Gasteiger partial charge in [0.05, 0.1) is 12.6 Å². The summed E-state index contributed by atoms with van der Waals surface area (Å²) in [5, 5.41) is 25.0. The third-order valence-corrected chi connectivity index (χ3v) is 5.38. The fourth-order valence-corrected chi connectivity index (χ4v) is 3.76. The van der Waals surface area contributed by atoms with Crippen LogP contribution in [0, 0.1) is 0 Å². The number of carbonyl (C=O) groups excluding carboxylic acids is 1. The number of aliphatic hydroxyl groups is 1. The average Bonchev–Trinajstić information content (AvgIpc) is 3.20. The van der Waals surface area contributed by atoms with Crippen LogP contribution in [0.1, 0.15) is 5.56 Å². The number of rotatable bonds is 9. The second-order valence-corrected chi connectivity index (χ2v) is 7.67. The van der Waals surface area contributed by atoms with Gasteiger partial charge in [-0.2, -0.15) is 0 Å². The lowest BCUT2D eigenvalue weighted by atomic mass is 10.1. The number of carbonyl (C=O) groups is 1. The number of H-pyrrole nitrogens is 1. The van der Waals surface area contributed by atoms with Crippen LogP contribution in [0.3, 0.4) is 0 Å². The third-order valence-electron chi connectivity index (χ3n) is 5.38. The summed E-state index contributed by atoms with van der Waals surface area (Å²) in [4.78, 5) is 15.5. The topological polar surface area (TPSA) is 104 Å². The lowest BCUT2D eigenvalue weighted by Gasteiger charge is -2.19. The Balaban J connectivity index is 1.39. The Bertz CT molecular complexity index is 1200. The molecule has 0 aliphatic heterocycles. The van der Waals surface area contributed by atoms with Crippen molar-refractivity contribution >= 4 is 27.8 Å². The molecule has 0 spiro atoms. The number of benzene rings is 3. The van der Waals surface area contributed by atoms with Crippen molar-refractivity contribution in [2.75, 3.05) is 20.3 Å². The molecule has 166 valence electrons. The molecule has 2 atom stereocenters. The fourth-order valence-electron chi connectivity index (χ4n) is 3.76. The predicted octanol–water partition coefficient (Wildman–Crippen LogP) is 3.14. The van der Waals surface area contributed by atoms with Gasteiger partial charge in [-0.25, -0.2) is 0 Å². The van der Waals surface area contributed by atoms with E-state index < -0.39 is 18.1 Å². The van der Waals surface area contributed by atoms with Gasteiger partial charge in [-0.05, 0) is 42.3 Å². The molecule has 0 unspecified atom stereocenters. The SMILES string of the molecule is COC(=O)[C@@H](Cc1ccc(O)cc1)NC[C@H](O)COc1cccc2[nH]c3ccccc3c12. The Hall–Kier alpha value is -3.55. The summed E-state index contributed by atoms with van der Waals surface area (Å²) in [6.07, 6.45) is -0.461. The minimum atomic E-state index is -0.831. The van der Waals surface area contributed by atoms with Gasteiger partial charge >= 0.3 is 5.97 Å². The summed E-state index contributed by atoms with van der Waals surface area (Å²) in [5.41, 5.74) is 2.86. The Morgan fingerprint density at radius 3 is 2.56 bits per heavy atom. The normalized spacial score (nSPS) is 13.2. The maximum Gasteiger partial charge on any atom is 0.323 e. The monoisotopic (exact) mass is 434 g/mol. The lowest BCUT2D eigenvalue weighted by Crippen LogP contribution is -2.44. The molecule has 0 aliphatic rings. The number of ether oxygens (including phenoxy) is 2. The number of phenolic OH excluding ortho intramolecular Hbond substituents is 1. The molecule has 1 aromatic heterocycles. The first-order chi connectivity index (χ1) is 15.5. The maximum absolute atomic E-state index is 12.2. The fraction of sp³-hybridized carbons (Fsp3) is 0.240. The Morgan fingerprint density at radius 2 is 1.78 bits per heavy atom. The molecule has 0 aliphatic carbocycles. The van der Waals surface area contributed by atoms with E-state index in [0.29, 0.717) is 12.2 Å². The number of methoxy groups -OCH3 is 1. The molecule has 7 nitrogen and oxygen atoms in total. The van der Waals surface area contributed by atoms with Gasteiger partial charge in [0.15, 0.2) is 0 Å². The summed E-state index contributed by atoms with van der Waals surface area (Å²) in [5.74, 6) is 0.427. The number of nitrogens with one attached hydrogen (secondary N) is 2. The standard InChI is InChI=1S/C25H26N2O5/c1-31-25(30)22(13-16-9-11-17(28)12-10-16)26-14-18(29)15-32-23-8-4-7-21-24(23)19-5-2-3-6-20(19)27-21/h2-12,18,22,26-29H,13-15H2,1H3/t18-,22+/m0/s1.